The summed E-state index contributed by atoms with van der Waals surface area (Å²) in [5.74, 6) is 0.252. The molecule has 2 aromatic carbocycles. The number of benzene rings is 2. The largest absolute Gasteiger partial charge is 0.207 e. The van der Waals surface area contributed by atoms with Crippen LogP contribution >= 0.6 is 11.6 Å². The lowest BCUT2D eigenvalue weighted by Gasteiger charge is -2.29. The van der Waals surface area contributed by atoms with Crippen molar-refractivity contribution < 1.29 is 4.39 Å². The Morgan fingerprint density at radius 3 is 2.58 bits per heavy atom. The highest BCUT2D eigenvalue weighted by molar-refractivity contribution is 6.21. The summed E-state index contributed by atoms with van der Waals surface area (Å²) in [7, 11) is 0. The standard InChI is InChI=1S/C17H16ClF/c18-17-14(11-12-5-9-15(19)10-6-12)8-7-13-3-1-2-4-16(13)17/h1-6,9-10,14,17H,7-8,11H2. The summed E-state index contributed by atoms with van der Waals surface area (Å²) in [5.41, 5.74) is 3.80. The number of hydrogen-bond acceptors (Lipinski definition) is 0. The molecule has 0 heterocycles. The first-order valence-corrected chi connectivity index (χ1v) is 7.14. The van der Waals surface area contributed by atoms with Crippen LogP contribution in [0, 0.1) is 11.7 Å². The lowest BCUT2D eigenvalue weighted by atomic mass is 9.80. The number of fused-ring (bicyclic) bond motifs is 1. The summed E-state index contributed by atoms with van der Waals surface area (Å²) in [6, 6.07) is 15.2. The van der Waals surface area contributed by atoms with Crippen LogP contribution in [0.1, 0.15) is 28.5 Å². The van der Waals surface area contributed by atoms with Crippen molar-refractivity contribution in [2.75, 3.05) is 0 Å². The van der Waals surface area contributed by atoms with E-state index < -0.39 is 0 Å². The highest BCUT2D eigenvalue weighted by atomic mass is 35.5. The number of alkyl halides is 1. The van der Waals surface area contributed by atoms with Gasteiger partial charge in [-0.3, -0.25) is 0 Å². The van der Waals surface area contributed by atoms with E-state index in [-0.39, 0.29) is 11.2 Å². The van der Waals surface area contributed by atoms with E-state index in [1.54, 1.807) is 0 Å². The highest BCUT2D eigenvalue weighted by Gasteiger charge is 2.27. The van der Waals surface area contributed by atoms with Gasteiger partial charge in [-0.15, -0.1) is 11.6 Å². The van der Waals surface area contributed by atoms with Crippen molar-refractivity contribution in [3.63, 3.8) is 0 Å². The molecule has 0 aromatic heterocycles. The van der Waals surface area contributed by atoms with Crippen LogP contribution in [0.3, 0.4) is 0 Å². The Balaban J connectivity index is 1.79. The molecule has 2 unspecified atom stereocenters. The molecule has 1 aliphatic carbocycles. The van der Waals surface area contributed by atoms with Crippen molar-refractivity contribution in [1.29, 1.82) is 0 Å². The number of aryl methyl sites for hydroxylation is 1. The minimum Gasteiger partial charge on any atom is -0.207 e. The van der Waals surface area contributed by atoms with Gasteiger partial charge in [0.1, 0.15) is 5.82 Å². The lowest BCUT2D eigenvalue weighted by molar-refractivity contribution is 0.442. The maximum absolute atomic E-state index is 12.9. The molecule has 98 valence electrons. The monoisotopic (exact) mass is 274 g/mol. The van der Waals surface area contributed by atoms with E-state index in [0.29, 0.717) is 5.92 Å². The maximum atomic E-state index is 12.9. The minimum atomic E-state index is -0.180. The van der Waals surface area contributed by atoms with E-state index in [0.717, 1.165) is 24.8 Å². The molecule has 0 aliphatic heterocycles. The first-order valence-electron chi connectivity index (χ1n) is 6.70. The third-order valence-corrected chi connectivity index (χ3v) is 4.55. The van der Waals surface area contributed by atoms with Gasteiger partial charge in [-0.2, -0.15) is 0 Å². The summed E-state index contributed by atoms with van der Waals surface area (Å²) in [6.45, 7) is 0. The smallest absolute Gasteiger partial charge is 0.123 e. The molecule has 0 spiro atoms. The molecule has 0 radical (unpaired) electrons. The van der Waals surface area contributed by atoms with Gasteiger partial charge in [-0.05, 0) is 54.0 Å². The molecule has 0 nitrogen and oxygen atoms in total. The van der Waals surface area contributed by atoms with Crippen molar-refractivity contribution >= 4 is 11.6 Å². The van der Waals surface area contributed by atoms with Crippen LogP contribution in [0.2, 0.25) is 0 Å². The van der Waals surface area contributed by atoms with Gasteiger partial charge in [0.25, 0.3) is 0 Å². The van der Waals surface area contributed by atoms with Gasteiger partial charge in [0.05, 0.1) is 5.38 Å². The molecule has 1 aliphatic rings. The summed E-state index contributed by atoms with van der Waals surface area (Å²) < 4.78 is 12.9. The molecule has 19 heavy (non-hydrogen) atoms. The fourth-order valence-electron chi connectivity index (χ4n) is 2.90. The van der Waals surface area contributed by atoms with Crippen LogP contribution in [0.5, 0.6) is 0 Å². The van der Waals surface area contributed by atoms with E-state index >= 15 is 0 Å². The molecule has 2 aromatic rings. The predicted molar refractivity (Wildman–Crippen MR) is 77.0 cm³/mol. The Bertz CT molecular complexity index is 562. The highest BCUT2D eigenvalue weighted by Crippen LogP contribution is 2.40. The summed E-state index contributed by atoms with van der Waals surface area (Å²) >= 11 is 6.62. The molecule has 0 saturated heterocycles. The zero-order valence-corrected chi connectivity index (χ0v) is 11.4. The van der Waals surface area contributed by atoms with Crippen molar-refractivity contribution in [2.24, 2.45) is 5.92 Å². The average Bonchev–Trinajstić information content (AvgIpc) is 2.45. The molecular weight excluding hydrogens is 259 g/mol. The van der Waals surface area contributed by atoms with Gasteiger partial charge in [0.15, 0.2) is 0 Å². The van der Waals surface area contributed by atoms with E-state index in [2.05, 4.69) is 24.3 Å². The van der Waals surface area contributed by atoms with Crippen LogP contribution in [-0.4, -0.2) is 0 Å². The van der Waals surface area contributed by atoms with Crippen molar-refractivity contribution in [2.45, 2.75) is 24.6 Å². The van der Waals surface area contributed by atoms with Gasteiger partial charge in [0.2, 0.25) is 0 Å². The first-order chi connectivity index (χ1) is 9.24. The van der Waals surface area contributed by atoms with E-state index in [4.69, 9.17) is 11.6 Å². The zero-order chi connectivity index (χ0) is 13.2. The average molecular weight is 275 g/mol. The molecule has 2 heteroatoms. The van der Waals surface area contributed by atoms with Gasteiger partial charge >= 0.3 is 0 Å². The van der Waals surface area contributed by atoms with Crippen LogP contribution in [0.25, 0.3) is 0 Å². The van der Waals surface area contributed by atoms with Crippen molar-refractivity contribution in [3.8, 4) is 0 Å². The van der Waals surface area contributed by atoms with Gasteiger partial charge < -0.3 is 0 Å². The van der Waals surface area contributed by atoms with Gasteiger partial charge in [-0.1, -0.05) is 36.4 Å². The Morgan fingerprint density at radius 1 is 1.05 bits per heavy atom. The van der Waals surface area contributed by atoms with Crippen LogP contribution < -0.4 is 0 Å². The lowest BCUT2D eigenvalue weighted by Crippen LogP contribution is -2.19. The summed E-state index contributed by atoms with van der Waals surface area (Å²) in [5, 5.41) is 0.0648. The third kappa shape index (κ3) is 2.66. The minimum absolute atomic E-state index is 0.0648. The van der Waals surface area contributed by atoms with Crippen molar-refractivity contribution in [3.05, 3.63) is 71.0 Å². The van der Waals surface area contributed by atoms with Crippen molar-refractivity contribution in [1.82, 2.24) is 0 Å². The second-order valence-corrected chi connectivity index (χ2v) is 5.70. The fraction of sp³-hybridized carbons (Fsp3) is 0.294. The number of halogens is 2. The van der Waals surface area contributed by atoms with Gasteiger partial charge in [0, 0.05) is 0 Å². The van der Waals surface area contributed by atoms with E-state index in [9.17, 15) is 4.39 Å². The fourth-order valence-corrected chi connectivity index (χ4v) is 3.33. The molecule has 0 saturated carbocycles. The molecule has 0 N–H and O–H groups in total. The second kappa shape index (κ2) is 5.34. The number of rotatable bonds is 2. The Labute approximate surface area is 118 Å². The predicted octanol–water partition coefficient (Wildman–Crippen LogP) is 4.91. The summed E-state index contributed by atoms with van der Waals surface area (Å²) in [4.78, 5) is 0. The first kappa shape index (κ1) is 12.7. The Hall–Kier alpha value is -1.34. The van der Waals surface area contributed by atoms with Gasteiger partial charge in [-0.25, -0.2) is 4.39 Å². The molecule has 0 amide bonds. The van der Waals surface area contributed by atoms with Crippen LogP contribution in [-0.2, 0) is 12.8 Å². The topological polar surface area (TPSA) is 0 Å². The maximum Gasteiger partial charge on any atom is 0.123 e. The molecule has 0 fully saturated rings. The number of hydrogen-bond donors (Lipinski definition) is 0. The van der Waals surface area contributed by atoms with E-state index in [1.807, 2.05) is 12.1 Å². The quantitative estimate of drug-likeness (QED) is 0.683. The normalized spacial score (nSPS) is 22.0. The Morgan fingerprint density at radius 2 is 1.79 bits per heavy atom. The molecule has 0 bridgehead atoms. The zero-order valence-electron chi connectivity index (χ0n) is 10.7. The molecule has 3 rings (SSSR count). The summed E-state index contributed by atoms with van der Waals surface area (Å²) in [6.07, 6.45) is 3.11. The van der Waals surface area contributed by atoms with E-state index in [1.165, 1.54) is 23.3 Å². The van der Waals surface area contributed by atoms with Crippen LogP contribution in [0.4, 0.5) is 4.39 Å². The third-order valence-electron chi connectivity index (χ3n) is 3.96. The van der Waals surface area contributed by atoms with Crippen LogP contribution in [0.15, 0.2) is 48.5 Å². The molecule has 2 atom stereocenters. The Kier molecular flexibility index (Phi) is 3.56. The molecular formula is C17H16ClF. The SMILES string of the molecule is Fc1ccc(CC2CCc3ccccc3C2Cl)cc1. The second-order valence-electron chi connectivity index (χ2n) is 5.23.